The standard InChI is InChI=1S/C17H19N5O/c1-11-8-9-12(2)21(11)17-19-15-14(16(23)20-17)10-18-22(15)13-6-4-3-5-7-13/h3-7,10-12H,8-9H2,1-2H3,(H,19,20,23)/t11-,12-/m0/s1. The molecule has 4 rings (SSSR count). The van der Waals surface area contributed by atoms with Crippen LogP contribution in [-0.4, -0.2) is 31.8 Å². The first-order valence-corrected chi connectivity index (χ1v) is 7.97. The summed E-state index contributed by atoms with van der Waals surface area (Å²) in [5.74, 6) is 0.637. The van der Waals surface area contributed by atoms with Gasteiger partial charge in [-0.2, -0.15) is 10.1 Å². The molecule has 0 amide bonds. The van der Waals surface area contributed by atoms with E-state index in [1.807, 2.05) is 30.3 Å². The summed E-state index contributed by atoms with van der Waals surface area (Å²) in [7, 11) is 0. The molecule has 6 heteroatoms. The highest BCUT2D eigenvalue weighted by Crippen LogP contribution is 2.28. The SMILES string of the molecule is C[C@H]1CC[C@H](C)N1c1nc2c(cnn2-c2ccccc2)c(=O)[nH]1. The van der Waals surface area contributed by atoms with Crippen molar-refractivity contribution in [1.82, 2.24) is 19.7 Å². The first-order valence-electron chi connectivity index (χ1n) is 7.97. The van der Waals surface area contributed by atoms with Gasteiger partial charge in [0.05, 0.1) is 11.9 Å². The molecule has 23 heavy (non-hydrogen) atoms. The lowest BCUT2D eigenvalue weighted by atomic mass is 10.2. The van der Waals surface area contributed by atoms with Crippen molar-refractivity contribution < 1.29 is 0 Å². The zero-order valence-corrected chi connectivity index (χ0v) is 13.2. The van der Waals surface area contributed by atoms with Crippen LogP contribution in [0.5, 0.6) is 0 Å². The van der Waals surface area contributed by atoms with Crippen LogP contribution >= 0.6 is 0 Å². The summed E-state index contributed by atoms with van der Waals surface area (Å²) in [4.78, 5) is 22.3. The molecule has 2 aromatic heterocycles. The molecule has 3 aromatic rings. The van der Waals surface area contributed by atoms with Crippen molar-refractivity contribution in [2.24, 2.45) is 0 Å². The average molecular weight is 309 g/mol. The van der Waals surface area contributed by atoms with Crippen LogP contribution < -0.4 is 10.5 Å². The minimum atomic E-state index is -0.140. The number of aromatic nitrogens is 4. The molecule has 1 N–H and O–H groups in total. The van der Waals surface area contributed by atoms with Crippen LogP contribution in [-0.2, 0) is 0 Å². The van der Waals surface area contributed by atoms with E-state index in [4.69, 9.17) is 4.98 Å². The molecule has 0 unspecified atom stereocenters. The quantitative estimate of drug-likeness (QED) is 0.790. The lowest BCUT2D eigenvalue weighted by molar-refractivity contribution is 0.670. The Bertz CT molecular complexity index is 888. The number of H-pyrrole nitrogens is 1. The van der Waals surface area contributed by atoms with Gasteiger partial charge in [0, 0.05) is 12.1 Å². The van der Waals surface area contributed by atoms with Crippen molar-refractivity contribution in [2.45, 2.75) is 38.8 Å². The van der Waals surface area contributed by atoms with Gasteiger partial charge in [-0.15, -0.1) is 0 Å². The Labute approximate surface area is 133 Å². The van der Waals surface area contributed by atoms with E-state index in [2.05, 4.69) is 28.8 Å². The lowest BCUT2D eigenvalue weighted by Crippen LogP contribution is -2.35. The van der Waals surface area contributed by atoms with E-state index in [1.54, 1.807) is 10.9 Å². The van der Waals surface area contributed by atoms with E-state index in [0.717, 1.165) is 18.5 Å². The Morgan fingerprint density at radius 2 is 1.83 bits per heavy atom. The van der Waals surface area contributed by atoms with Gasteiger partial charge in [0.1, 0.15) is 5.39 Å². The van der Waals surface area contributed by atoms with Crippen LogP contribution in [0.2, 0.25) is 0 Å². The second-order valence-electron chi connectivity index (χ2n) is 6.20. The van der Waals surface area contributed by atoms with Crippen molar-refractivity contribution in [2.75, 3.05) is 4.90 Å². The van der Waals surface area contributed by atoms with Crippen LogP contribution in [0.1, 0.15) is 26.7 Å². The van der Waals surface area contributed by atoms with Gasteiger partial charge >= 0.3 is 0 Å². The molecule has 3 heterocycles. The minimum absolute atomic E-state index is 0.140. The van der Waals surface area contributed by atoms with Gasteiger partial charge in [0.2, 0.25) is 5.95 Å². The molecule has 0 aliphatic carbocycles. The Morgan fingerprint density at radius 1 is 1.13 bits per heavy atom. The lowest BCUT2D eigenvalue weighted by Gasteiger charge is -2.26. The largest absolute Gasteiger partial charge is 0.337 e. The van der Waals surface area contributed by atoms with Gasteiger partial charge in [-0.3, -0.25) is 9.78 Å². The molecule has 1 aromatic carbocycles. The summed E-state index contributed by atoms with van der Waals surface area (Å²) in [5, 5.41) is 4.86. The molecule has 2 atom stereocenters. The predicted molar refractivity (Wildman–Crippen MR) is 90.1 cm³/mol. The van der Waals surface area contributed by atoms with Gasteiger partial charge in [-0.05, 0) is 38.8 Å². The number of rotatable bonds is 2. The molecule has 6 nitrogen and oxygen atoms in total. The number of nitrogens with zero attached hydrogens (tertiary/aromatic N) is 4. The molecular weight excluding hydrogens is 290 g/mol. The maximum atomic E-state index is 12.4. The minimum Gasteiger partial charge on any atom is -0.337 e. The fourth-order valence-corrected chi connectivity index (χ4v) is 3.40. The average Bonchev–Trinajstić information content (AvgIpc) is 3.12. The van der Waals surface area contributed by atoms with Crippen LogP contribution in [0, 0.1) is 0 Å². The number of nitrogens with one attached hydrogen (secondary N) is 1. The van der Waals surface area contributed by atoms with Crippen molar-refractivity contribution in [3.05, 3.63) is 46.9 Å². The van der Waals surface area contributed by atoms with Gasteiger partial charge in [-0.25, -0.2) is 4.68 Å². The molecular formula is C17H19N5O. The van der Waals surface area contributed by atoms with Gasteiger partial charge in [0.25, 0.3) is 5.56 Å². The van der Waals surface area contributed by atoms with E-state index < -0.39 is 0 Å². The molecule has 1 fully saturated rings. The highest BCUT2D eigenvalue weighted by Gasteiger charge is 2.29. The van der Waals surface area contributed by atoms with E-state index in [-0.39, 0.29) is 5.56 Å². The third kappa shape index (κ3) is 2.21. The summed E-state index contributed by atoms with van der Waals surface area (Å²) in [5.41, 5.74) is 1.36. The molecule has 1 aliphatic heterocycles. The van der Waals surface area contributed by atoms with Crippen molar-refractivity contribution in [3.8, 4) is 5.69 Å². The Hall–Kier alpha value is -2.63. The molecule has 0 saturated carbocycles. The topological polar surface area (TPSA) is 66.8 Å². The van der Waals surface area contributed by atoms with Gasteiger partial charge < -0.3 is 4.90 Å². The second-order valence-corrected chi connectivity index (χ2v) is 6.20. The van der Waals surface area contributed by atoms with Gasteiger partial charge in [0.15, 0.2) is 5.65 Å². The van der Waals surface area contributed by atoms with E-state index in [9.17, 15) is 4.79 Å². The summed E-state index contributed by atoms with van der Waals surface area (Å²) in [6.45, 7) is 4.34. The first-order chi connectivity index (χ1) is 11.1. The van der Waals surface area contributed by atoms with Crippen molar-refractivity contribution in [3.63, 3.8) is 0 Å². The highest BCUT2D eigenvalue weighted by atomic mass is 16.1. The summed E-state index contributed by atoms with van der Waals surface area (Å²) in [6.07, 6.45) is 3.80. The zero-order valence-electron chi connectivity index (χ0n) is 13.2. The number of aromatic amines is 1. The molecule has 0 radical (unpaired) electrons. The van der Waals surface area contributed by atoms with E-state index in [1.165, 1.54) is 0 Å². The van der Waals surface area contributed by atoms with Crippen LogP contribution in [0.25, 0.3) is 16.7 Å². The summed E-state index contributed by atoms with van der Waals surface area (Å²) in [6, 6.07) is 10.5. The number of para-hydroxylation sites is 1. The predicted octanol–water partition coefficient (Wildman–Crippen LogP) is 2.49. The molecule has 1 saturated heterocycles. The maximum absolute atomic E-state index is 12.4. The molecule has 0 bridgehead atoms. The van der Waals surface area contributed by atoms with Crippen LogP contribution in [0.3, 0.4) is 0 Å². The van der Waals surface area contributed by atoms with Crippen molar-refractivity contribution >= 4 is 17.0 Å². The van der Waals surface area contributed by atoms with Gasteiger partial charge in [-0.1, -0.05) is 18.2 Å². The Kier molecular flexibility index (Phi) is 3.18. The summed E-state index contributed by atoms with van der Waals surface area (Å²) < 4.78 is 1.72. The monoisotopic (exact) mass is 309 g/mol. The molecule has 118 valence electrons. The van der Waals surface area contributed by atoms with Crippen molar-refractivity contribution in [1.29, 1.82) is 0 Å². The second kappa shape index (κ2) is 5.22. The number of hydrogen-bond acceptors (Lipinski definition) is 4. The molecule has 1 aliphatic rings. The molecule has 0 spiro atoms. The fraction of sp³-hybridized carbons (Fsp3) is 0.353. The van der Waals surface area contributed by atoms with Crippen LogP contribution in [0.4, 0.5) is 5.95 Å². The number of benzene rings is 1. The Balaban J connectivity index is 1.91. The summed E-state index contributed by atoms with van der Waals surface area (Å²) >= 11 is 0. The normalized spacial score (nSPS) is 21.2. The third-order valence-corrected chi connectivity index (χ3v) is 4.62. The zero-order chi connectivity index (χ0) is 16.0. The number of anilines is 1. The van der Waals surface area contributed by atoms with E-state index >= 15 is 0 Å². The van der Waals surface area contributed by atoms with E-state index in [0.29, 0.717) is 29.1 Å². The number of fused-ring (bicyclic) bond motifs is 1. The third-order valence-electron chi connectivity index (χ3n) is 4.62. The maximum Gasteiger partial charge on any atom is 0.263 e. The van der Waals surface area contributed by atoms with Crippen LogP contribution in [0.15, 0.2) is 41.3 Å². The Morgan fingerprint density at radius 3 is 2.52 bits per heavy atom. The fourth-order valence-electron chi connectivity index (χ4n) is 3.40. The smallest absolute Gasteiger partial charge is 0.263 e. The number of hydrogen-bond donors (Lipinski definition) is 1. The highest BCUT2D eigenvalue weighted by molar-refractivity contribution is 5.76. The first kappa shape index (κ1) is 14.0.